The Morgan fingerprint density at radius 1 is 0.786 bits per heavy atom. The standard InChI is InChI=1S/C15H28N4O8S/c1-5(20)9(17-12(23)8(16)4-28)13(24)18-10(6(2)21)14(25)19-11(7(3)22)15(26)27/h5-11,20-22,28H,4,16H2,1-3H3,(H,17,23)(H,18,24)(H,19,25)(H,26,27). The van der Waals surface area contributed by atoms with E-state index < -0.39 is 66.2 Å². The van der Waals surface area contributed by atoms with Gasteiger partial charge in [-0.1, -0.05) is 0 Å². The molecule has 0 heterocycles. The number of aliphatic carboxylic acids is 1. The van der Waals surface area contributed by atoms with Gasteiger partial charge in [-0.25, -0.2) is 4.79 Å². The van der Waals surface area contributed by atoms with E-state index in [4.69, 9.17) is 10.8 Å². The van der Waals surface area contributed by atoms with E-state index in [-0.39, 0.29) is 5.75 Å². The molecule has 0 aliphatic heterocycles. The summed E-state index contributed by atoms with van der Waals surface area (Å²) in [5.74, 6) is -4.41. The van der Waals surface area contributed by atoms with Crippen LogP contribution in [0.15, 0.2) is 0 Å². The van der Waals surface area contributed by atoms with Crippen molar-refractivity contribution in [1.29, 1.82) is 0 Å². The topological polar surface area (TPSA) is 211 Å². The summed E-state index contributed by atoms with van der Waals surface area (Å²) >= 11 is 3.85. The number of hydrogen-bond acceptors (Lipinski definition) is 9. The number of hydrogen-bond donors (Lipinski definition) is 9. The van der Waals surface area contributed by atoms with Crippen LogP contribution in [0.5, 0.6) is 0 Å². The number of amides is 3. The van der Waals surface area contributed by atoms with Crippen LogP contribution < -0.4 is 21.7 Å². The van der Waals surface area contributed by atoms with E-state index in [1.165, 1.54) is 6.92 Å². The molecule has 0 aromatic heterocycles. The maximum Gasteiger partial charge on any atom is 0.328 e. The molecule has 7 atom stereocenters. The molecule has 9 N–H and O–H groups in total. The Bertz CT molecular complexity index is 572. The summed E-state index contributed by atoms with van der Waals surface area (Å²) < 4.78 is 0. The molecule has 28 heavy (non-hydrogen) atoms. The third-order valence-corrected chi connectivity index (χ3v) is 4.10. The average molecular weight is 424 g/mol. The van der Waals surface area contributed by atoms with Crippen LogP contribution in [0.1, 0.15) is 20.8 Å². The van der Waals surface area contributed by atoms with Crippen LogP contribution in [0.4, 0.5) is 0 Å². The molecule has 0 bridgehead atoms. The van der Waals surface area contributed by atoms with E-state index in [1.807, 2.05) is 5.32 Å². The number of carboxylic acids is 1. The number of nitrogens with one attached hydrogen (secondary N) is 3. The minimum atomic E-state index is -1.67. The second-order valence-corrected chi connectivity index (χ2v) is 6.67. The number of carbonyl (C=O) groups is 4. The van der Waals surface area contributed by atoms with Gasteiger partial charge in [0, 0.05) is 5.75 Å². The molecule has 0 aliphatic rings. The highest BCUT2D eigenvalue weighted by Crippen LogP contribution is 2.02. The monoisotopic (exact) mass is 424 g/mol. The fourth-order valence-electron chi connectivity index (χ4n) is 2.03. The highest BCUT2D eigenvalue weighted by atomic mass is 32.1. The zero-order valence-corrected chi connectivity index (χ0v) is 16.6. The van der Waals surface area contributed by atoms with Crippen molar-refractivity contribution >= 4 is 36.3 Å². The summed E-state index contributed by atoms with van der Waals surface area (Å²) in [7, 11) is 0. The Kier molecular flexibility index (Phi) is 11.0. The van der Waals surface area contributed by atoms with Crippen molar-refractivity contribution < 1.29 is 39.6 Å². The maximum absolute atomic E-state index is 12.4. The lowest BCUT2D eigenvalue weighted by molar-refractivity contribution is -0.146. The molecule has 162 valence electrons. The Hall–Kier alpha value is -1.93. The Morgan fingerprint density at radius 3 is 1.39 bits per heavy atom. The summed E-state index contributed by atoms with van der Waals surface area (Å²) in [5.41, 5.74) is 5.49. The molecule has 7 unspecified atom stereocenters. The fraction of sp³-hybridized carbons (Fsp3) is 0.733. The van der Waals surface area contributed by atoms with Crippen molar-refractivity contribution in [3.05, 3.63) is 0 Å². The SMILES string of the molecule is CC(O)C(NC(=O)C(NC(=O)C(NC(=O)C(N)CS)C(C)O)C(C)O)C(=O)O. The highest BCUT2D eigenvalue weighted by molar-refractivity contribution is 7.80. The molecule has 0 aromatic carbocycles. The smallest absolute Gasteiger partial charge is 0.328 e. The summed E-state index contributed by atoms with van der Waals surface area (Å²) in [6, 6.07) is -5.84. The summed E-state index contributed by atoms with van der Waals surface area (Å²) in [6.45, 7) is 3.51. The molecule has 3 amide bonds. The summed E-state index contributed by atoms with van der Waals surface area (Å²) in [5, 5.41) is 44.3. The van der Waals surface area contributed by atoms with Crippen LogP contribution in [0.2, 0.25) is 0 Å². The largest absolute Gasteiger partial charge is 0.480 e. The minimum absolute atomic E-state index is 0.0192. The van der Waals surface area contributed by atoms with Crippen LogP contribution in [-0.2, 0) is 19.2 Å². The van der Waals surface area contributed by atoms with Crippen LogP contribution in [0.25, 0.3) is 0 Å². The first-order valence-corrected chi connectivity index (χ1v) is 9.01. The molecule has 0 saturated heterocycles. The molecule has 0 radical (unpaired) electrons. The van der Waals surface area contributed by atoms with Gasteiger partial charge in [0.15, 0.2) is 6.04 Å². The number of carbonyl (C=O) groups excluding carboxylic acids is 3. The average Bonchev–Trinajstić information content (AvgIpc) is 2.59. The molecule has 0 aromatic rings. The second kappa shape index (κ2) is 11.8. The second-order valence-electron chi connectivity index (χ2n) is 6.31. The number of nitrogens with two attached hydrogens (primary N) is 1. The van der Waals surface area contributed by atoms with Gasteiger partial charge < -0.3 is 42.1 Å². The first kappa shape index (κ1) is 26.1. The van der Waals surface area contributed by atoms with Crippen LogP contribution >= 0.6 is 12.6 Å². The van der Waals surface area contributed by atoms with Gasteiger partial charge in [0.25, 0.3) is 0 Å². The van der Waals surface area contributed by atoms with Gasteiger partial charge >= 0.3 is 5.97 Å². The van der Waals surface area contributed by atoms with Gasteiger partial charge in [0.05, 0.1) is 24.4 Å². The maximum atomic E-state index is 12.4. The van der Waals surface area contributed by atoms with E-state index >= 15 is 0 Å². The Labute approximate surface area is 167 Å². The van der Waals surface area contributed by atoms with Gasteiger partial charge in [-0.3, -0.25) is 14.4 Å². The molecule has 0 aliphatic carbocycles. The number of carboxylic acid groups (broad SMARTS) is 1. The molecule has 0 fully saturated rings. The third kappa shape index (κ3) is 7.98. The zero-order chi connectivity index (χ0) is 22.2. The molecule has 12 nitrogen and oxygen atoms in total. The summed E-state index contributed by atoms with van der Waals surface area (Å²) in [4.78, 5) is 47.6. The lowest BCUT2D eigenvalue weighted by atomic mass is 10.1. The molecule has 0 rings (SSSR count). The van der Waals surface area contributed by atoms with Crippen LogP contribution in [0, 0.1) is 0 Å². The number of rotatable bonds is 11. The van der Waals surface area contributed by atoms with Crippen molar-refractivity contribution in [1.82, 2.24) is 16.0 Å². The van der Waals surface area contributed by atoms with E-state index in [0.717, 1.165) is 13.8 Å². The van der Waals surface area contributed by atoms with Crippen LogP contribution in [0.3, 0.4) is 0 Å². The predicted molar refractivity (Wildman–Crippen MR) is 100 cm³/mol. The van der Waals surface area contributed by atoms with Gasteiger partial charge in [-0.2, -0.15) is 12.6 Å². The first-order valence-electron chi connectivity index (χ1n) is 8.38. The van der Waals surface area contributed by atoms with Crippen molar-refractivity contribution in [2.75, 3.05) is 5.75 Å². The van der Waals surface area contributed by atoms with Gasteiger partial charge in [0.2, 0.25) is 17.7 Å². The molecular weight excluding hydrogens is 396 g/mol. The fourth-order valence-corrected chi connectivity index (χ4v) is 2.19. The lowest BCUT2D eigenvalue weighted by Gasteiger charge is -2.27. The molecular formula is C15H28N4O8S. The summed E-state index contributed by atoms with van der Waals surface area (Å²) in [6.07, 6.45) is -4.28. The minimum Gasteiger partial charge on any atom is -0.480 e. The quantitative estimate of drug-likeness (QED) is 0.147. The third-order valence-electron chi connectivity index (χ3n) is 3.70. The van der Waals surface area contributed by atoms with Gasteiger partial charge in [-0.05, 0) is 20.8 Å². The van der Waals surface area contributed by atoms with E-state index in [9.17, 15) is 34.5 Å². The van der Waals surface area contributed by atoms with Crippen molar-refractivity contribution in [2.45, 2.75) is 63.3 Å². The number of thiol groups is 1. The molecule has 0 spiro atoms. The Balaban J connectivity index is 5.32. The zero-order valence-electron chi connectivity index (χ0n) is 15.7. The normalized spacial score (nSPS) is 18.6. The van der Waals surface area contributed by atoms with Gasteiger partial charge in [0.1, 0.15) is 12.1 Å². The lowest BCUT2D eigenvalue weighted by Crippen LogP contribution is -2.62. The van der Waals surface area contributed by atoms with E-state index in [0.29, 0.717) is 0 Å². The first-order chi connectivity index (χ1) is 12.8. The number of aliphatic hydroxyl groups excluding tert-OH is 3. The van der Waals surface area contributed by atoms with E-state index in [1.54, 1.807) is 0 Å². The Morgan fingerprint density at radius 2 is 1.11 bits per heavy atom. The number of aliphatic hydroxyl groups is 3. The van der Waals surface area contributed by atoms with Crippen molar-refractivity contribution in [3.63, 3.8) is 0 Å². The van der Waals surface area contributed by atoms with Gasteiger partial charge in [-0.15, -0.1) is 0 Å². The van der Waals surface area contributed by atoms with E-state index in [2.05, 4.69) is 23.3 Å². The molecule has 0 saturated carbocycles. The van der Waals surface area contributed by atoms with Crippen LogP contribution in [-0.4, -0.2) is 92.3 Å². The molecule has 13 heteroatoms. The highest BCUT2D eigenvalue weighted by Gasteiger charge is 2.35. The van der Waals surface area contributed by atoms with Crippen molar-refractivity contribution in [2.24, 2.45) is 5.73 Å². The predicted octanol–water partition coefficient (Wildman–Crippen LogP) is -4.08. The van der Waals surface area contributed by atoms with Crippen molar-refractivity contribution in [3.8, 4) is 0 Å².